The van der Waals surface area contributed by atoms with E-state index in [9.17, 15) is 5.11 Å². The third kappa shape index (κ3) is 2.18. The molecule has 1 heterocycles. The van der Waals surface area contributed by atoms with E-state index in [0.717, 1.165) is 4.47 Å². The predicted octanol–water partition coefficient (Wildman–Crippen LogP) is 1.90. The van der Waals surface area contributed by atoms with E-state index >= 15 is 0 Å². The van der Waals surface area contributed by atoms with Crippen LogP contribution in [0.1, 0.15) is 5.56 Å². The second kappa shape index (κ2) is 4.85. The Hall–Kier alpha value is -1.40. The first-order chi connectivity index (χ1) is 8.19. The van der Waals surface area contributed by atoms with Crippen LogP contribution < -0.4 is 9.47 Å². The minimum Gasteiger partial charge on any atom is -0.477 e. The number of hydrogen-bond donors (Lipinski definition) is 1. The summed E-state index contributed by atoms with van der Waals surface area (Å²) in [5, 5.41) is 9.29. The Morgan fingerprint density at radius 3 is 2.41 bits per heavy atom. The molecule has 0 aliphatic heterocycles. The molecule has 0 amide bonds. The van der Waals surface area contributed by atoms with Crippen molar-refractivity contribution in [2.24, 2.45) is 0 Å². The highest BCUT2D eigenvalue weighted by Gasteiger charge is 2.12. The lowest BCUT2D eigenvalue weighted by atomic mass is 10.2. The third-order valence-electron chi connectivity index (χ3n) is 2.31. The molecule has 0 bridgehead atoms. The molecule has 90 valence electrons. The molecule has 0 aliphatic rings. The Bertz CT molecular complexity index is 560. The van der Waals surface area contributed by atoms with Crippen LogP contribution in [-0.4, -0.2) is 29.3 Å². The number of fused-ring (bicyclic) bond motifs is 1. The number of aliphatic hydroxyl groups is 1. The van der Waals surface area contributed by atoms with Crippen molar-refractivity contribution in [2.45, 2.75) is 6.61 Å². The molecular weight excluding hydrogens is 288 g/mol. The van der Waals surface area contributed by atoms with Crippen LogP contribution in [0, 0.1) is 0 Å². The number of aliphatic hydroxyl groups excluding tert-OH is 1. The Morgan fingerprint density at radius 1 is 1.18 bits per heavy atom. The fourth-order valence-corrected chi connectivity index (χ4v) is 2.04. The first kappa shape index (κ1) is 12.1. The summed E-state index contributed by atoms with van der Waals surface area (Å²) >= 11 is 3.36. The van der Waals surface area contributed by atoms with Gasteiger partial charge in [-0.05, 0) is 12.1 Å². The van der Waals surface area contributed by atoms with Crippen molar-refractivity contribution in [3.8, 4) is 11.8 Å². The van der Waals surface area contributed by atoms with Gasteiger partial charge in [-0.1, -0.05) is 15.9 Å². The Kier molecular flexibility index (Phi) is 3.44. The van der Waals surface area contributed by atoms with Gasteiger partial charge in [0.05, 0.1) is 31.9 Å². The van der Waals surface area contributed by atoms with Gasteiger partial charge in [-0.25, -0.2) is 9.97 Å². The second-order valence-electron chi connectivity index (χ2n) is 3.33. The predicted molar refractivity (Wildman–Crippen MR) is 66.3 cm³/mol. The molecule has 5 nitrogen and oxygen atoms in total. The molecule has 2 aromatic rings. The summed E-state index contributed by atoms with van der Waals surface area (Å²) in [4.78, 5) is 8.57. The van der Waals surface area contributed by atoms with Gasteiger partial charge in [-0.3, -0.25) is 0 Å². The summed E-state index contributed by atoms with van der Waals surface area (Å²) in [6, 6.07) is 3.60. The van der Waals surface area contributed by atoms with E-state index in [1.807, 2.05) is 6.07 Å². The van der Waals surface area contributed by atoms with Gasteiger partial charge >= 0.3 is 0 Å². The number of halogens is 1. The number of methoxy groups -OCH3 is 2. The SMILES string of the molecule is COc1nc2cc(Br)cc(CO)c2nc1OC. The maximum atomic E-state index is 9.29. The summed E-state index contributed by atoms with van der Waals surface area (Å²) in [6.07, 6.45) is 0. The topological polar surface area (TPSA) is 64.5 Å². The molecule has 1 aromatic heterocycles. The van der Waals surface area contributed by atoms with Gasteiger partial charge in [0, 0.05) is 10.0 Å². The number of ether oxygens (including phenoxy) is 2. The van der Waals surface area contributed by atoms with Crippen LogP contribution in [0.15, 0.2) is 16.6 Å². The molecule has 1 aromatic carbocycles. The zero-order valence-corrected chi connectivity index (χ0v) is 11.0. The van der Waals surface area contributed by atoms with E-state index in [-0.39, 0.29) is 6.61 Å². The van der Waals surface area contributed by atoms with E-state index in [1.54, 1.807) is 6.07 Å². The van der Waals surface area contributed by atoms with Crippen molar-refractivity contribution in [3.63, 3.8) is 0 Å². The van der Waals surface area contributed by atoms with Gasteiger partial charge in [-0.15, -0.1) is 0 Å². The quantitative estimate of drug-likeness (QED) is 0.938. The fraction of sp³-hybridized carbons (Fsp3) is 0.273. The van der Waals surface area contributed by atoms with E-state index in [4.69, 9.17) is 9.47 Å². The van der Waals surface area contributed by atoms with Crippen LogP contribution in [0.2, 0.25) is 0 Å². The Morgan fingerprint density at radius 2 is 1.82 bits per heavy atom. The zero-order valence-electron chi connectivity index (χ0n) is 9.40. The minimum absolute atomic E-state index is 0.111. The van der Waals surface area contributed by atoms with Gasteiger partial charge in [0.25, 0.3) is 11.8 Å². The molecule has 0 fully saturated rings. The fourth-order valence-electron chi connectivity index (χ4n) is 1.55. The standard InChI is InChI=1S/C11H11BrN2O3/c1-16-10-11(17-2)14-9-6(5-15)3-7(12)4-8(9)13-10/h3-4,15H,5H2,1-2H3. The number of aromatic nitrogens is 2. The van der Waals surface area contributed by atoms with Crippen LogP contribution in [0.25, 0.3) is 11.0 Å². The molecule has 0 saturated heterocycles. The Labute approximate surface area is 107 Å². The van der Waals surface area contributed by atoms with Crippen molar-refractivity contribution in [3.05, 3.63) is 22.2 Å². The molecule has 17 heavy (non-hydrogen) atoms. The van der Waals surface area contributed by atoms with Crippen molar-refractivity contribution in [1.82, 2.24) is 9.97 Å². The average molecular weight is 299 g/mol. The summed E-state index contributed by atoms with van der Waals surface area (Å²) in [5.41, 5.74) is 1.93. The van der Waals surface area contributed by atoms with Gasteiger partial charge < -0.3 is 14.6 Å². The van der Waals surface area contributed by atoms with Gasteiger partial charge in [0.2, 0.25) is 0 Å². The van der Waals surface area contributed by atoms with E-state index in [0.29, 0.717) is 28.4 Å². The largest absolute Gasteiger partial charge is 0.477 e. The van der Waals surface area contributed by atoms with Crippen LogP contribution >= 0.6 is 15.9 Å². The second-order valence-corrected chi connectivity index (χ2v) is 4.25. The maximum Gasteiger partial charge on any atom is 0.278 e. The number of hydrogen-bond acceptors (Lipinski definition) is 5. The lowest BCUT2D eigenvalue weighted by Crippen LogP contribution is -1.99. The molecule has 0 saturated carbocycles. The van der Waals surface area contributed by atoms with Crippen LogP contribution in [0.4, 0.5) is 0 Å². The monoisotopic (exact) mass is 298 g/mol. The van der Waals surface area contributed by atoms with Crippen molar-refractivity contribution >= 4 is 27.0 Å². The normalized spacial score (nSPS) is 10.6. The summed E-state index contributed by atoms with van der Waals surface area (Å²) in [5.74, 6) is 0.624. The number of benzene rings is 1. The summed E-state index contributed by atoms with van der Waals surface area (Å²) < 4.78 is 11.0. The Balaban J connectivity index is 2.77. The lowest BCUT2D eigenvalue weighted by Gasteiger charge is -2.09. The summed E-state index contributed by atoms with van der Waals surface area (Å²) in [6.45, 7) is -0.111. The molecule has 0 unspecified atom stereocenters. The van der Waals surface area contributed by atoms with E-state index < -0.39 is 0 Å². The van der Waals surface area contributed by atoms with Gasteiger partial charge in [0.15, 0.2) is 0 Å². The molecule has 0 radical (unpaired) electrons. The lowest BCUT2D eigenvalue weighted by molar-refractivity contribution is 0.282. The highest BCUT2D eigenvalue weighted by molar-refractivity contribution is 9.10. The zero-order chi connectivity index (χ0) is 12.4. The molecule has 0 spiro atoms. The smallest absolute Gasteiger partial charge is 0.278 e. The highest BCUT2D eigenvalue weighted by Crippen LogP contribution is 2.29. The van der Waals surface area contributed by atoms with E-state index in [2.05, 4.69) is 25.9 Å². The van der Waals surface area contributed by atoms with Crippen LogP contribution in [-0.2, 0) is 6.61 Å². The summed E-state index contributed by atoms with van der Waals surface area (Å²) in [7, 11) is 3.00. The molecule has 1 N–H and O–H groups in total. The van der Waals surface area contributed by atoms with E-state index in [1.165, 1.54) is 14.2 Å². The van der Waals surface area contributed by atoms with Crippen molar-refractivity contribution in [1.29, 1.82) is 0 Å². The molecule has 0 atom stereocenters. The van der Waals surface area contributed by atoms with Crippen molar-refractivity contribution < 1.29 is 14.6 Å². The first-order valence-corrected chi connectivity index (χ1v) is 5.68. The van der Waals surface area contributed by atoms with Crippen molar-refractivity contribution in [2.75, 3.05) is 14.2 Å². The highest BCUT2D eigenvalue weighted by atomic mass is 79.9. The molecule has 2 rings (SSSR count). The molecular formula is C11H11BrN2O3. The van der Waals surface area contributed by atoms with Crippen LogP contribution in [0.3, 0.4) is 0 Å². The molecule has 6 heteroatoms. The van der Waals surface area contributed by atoms with Gasteiger partial charge in [0.1, 0.15) is 0 Å². The minimum atomic E-state index is -0.111. The number of rotatable bonds is 3. The first-order valence-electron chi connectivity index (χ1n) is 4.88. The average Bonchev–Trinajstić information content (AvgIpc) is 2.35. The maximum absolute atomic E-state index is 9.29. The van der Waals surface area contributed by atoms with Crippen LogP contribution in [0.5, 0.6) is 11.8 Å². The molecule has 0 aliphatic carbocycles. The third-order valence-corrected chi connectivity index (χ3v) is 2.77. The van der Waals surface area contributed by atoms with Gasteiger partial charge in [-0.2, -0.15) is 0 Å². The number of nitrogens with zero attached hydrogens (tertiary/aromatic N) is 2.